The summed E-state index contributed by atoms with van der Waals surface area (Å²) in [6.07, 6.45) is 0. The maximum absolute atomic E-state index is 13.3. The average molecular weight is 278 g/mol. The van der Waals surface area contributed by atoms with Gasteiger partial charge in [-0.2, -0.15) is 4.98 Å². The van der Waals surface area contributed by atoms with Crippen molar-refractivity contribution in [2.75, 3.05) is 0 Å². The molecular formula is C9H3Cl2F2N3O. The molecule has 0 saturated carbocycles. The van der Waals surface area contributed by atoms with E-state index in [9.17, 15) is 8.78 Å². The van der Waals surface area contributed by atoms with E-state index >= 15 is 0 Å². The molecule has 0 N–H and O–H groups in total. The summed E-state index contributed by atoms with van der Waals surface area (Å²) < 4.78 is 30.9. The van der Waals surface area contributed by atoms with Gasteiger partial charge in [0, 0.05) is 6.07 Å². The second-order valence-electron chi connectivity index (χ2n) is 2.85. The van der Waals surface area contributed by atoms with Crippen molar-refractivity contribution in [3.8, 4) is 11.6 Å². The lowest BCUT2D eigenvalue weighted by atomic mass is 10.3. The fourth-order valence-corrected chi connectivity index (χ4v) is 1.24. The van der Waals surface area contributed by atoms with Gasteiger partial charge in [0.2, 0.25) is 10.4 Å². The van der Waals surface area contributed by atoms with E-state index < -0.39 is 11.6 Å². The van der Waals surface area contributed by atoms with E-state index in [1.807, 2.05) is 0 Å². The number of rotatable bonds is 2. The minimum Gasteiger partial charge on any atom is -0.433 e. The predicted molar refractivity (Wildman–Crippen MR) is 56.3 cm³/mol. The molecule has 1 aromatic heterocycles. The quantitative estimate of drug-likeness (QED) is 0.846. The van der Waals surface area contributed by atoms with Gasteiger partial charge in [0.05, 0.1) is 0 Å². The van der Waals surface area contributed by atoms with E-state index in [0.717, 1.165) is 12.1 Å². The molecule has 1 aromatic carbocycles. The van der Waals surface area contributed by atoms with Gasteiger partial charge in [-0.15, -0.1) is 10.2 Å². The minimum absolute atomic E-state index is 0.182. The van der Waals surface area contributed by atoms with Crippen molar-refractivity contribution in [3.63, 3.8) is 0 Å². The molecule has 0 aliphatic heterocycles. The Kier molecular flexibility index (Phi) is 3.35. The van der Waals surface area contributed by atoms with E-state index in [2.05, 4.69) is 15.2 Å². The van der Waals surface area contributed by atoms with Crippen LogP contribution >= 0.6 is 23.2 Å². The molecule has 0 unspecified atom stereocenters. The Morgan fingerprint density at radius 3 is 2.59 bits per heavy atom. The number of aromatic nitrogens is 3. The fraction of sp³-hybridized carbons (Fsp3) is 0. The Balaban J connectivity index is 2.34. The Morgan fingerprint density at radius 2 is 1.88 bits per heavy atom. The summed E-state index contributed by atoms with van der Waals surface area (Å²) in [5.74, 6) is -2.07. The number of nitrogens with zero attached hydrogens (tertiary/aromatic N) is 3. The highest BCUT2D eigenvalue weighted by Crippen LogP contribution is 2.27. The van der Waals surface area contributed by atoms with Crippen LogP contribution in [0.1, 0.15) is 0 Å². The second-order valence-corrected chi connectivity index (χ2v) is 3.55. The number of benzene rings is 1. The monoisotopic (exact) mass is 277 g/mol. The van der Waals surface area contributed by atoms with Gasteiger partial charge in [0.25, 0.3) is 5.88 Å². The second kappa shape index (κ2) is 4.77. The zero-order valence-corrected chi connectivity index (χ0v) is 9.51. The smallest absolute Gasteiger partial charge is 0.262 e. The van der Waals surface area contributed by atoms with Crippen LogP contribution in [0.4, 0.5) is 8.78 Å². The molecule has 0 amide bonds. The van der Waals surface area contributed by atoms with Crippen LogP contribution in [0.25, 0.3) is 0 Å². The lowest BCUT2D eigenvalue weighted by Crippen LogP contribution is -1.96. The van der Waals surface area contributed by atoms with E-state index in [1.54, 1.807) is 0 Å². The molecule has 1 heterocycles. The molecule has 8 heteroatoms. The lowest BCUT2D eigenvalue weighted by Gasteiger charge is -2.06. The van der Waals surface area contributed by atoms with Gasteiger partial charge in [-0.3, -0.25) is 0 Å². The molecule has 0 bridgehead atoms. The van der Waals surface area contributed by atoms with Crippen molar-refractivity contribution in [2.45, 2.75) is 0 Å². The van der Waals surface area contributed by atoms with Crippen molar-refractivity contribution in [1.29, 1.82) is 0 Å². The Hall–Kier alpha value is -1.53. The molecule has 88 valence electrons. The van der Waals surface area contributed by atoms with Crippen LogP contribution in [0.3, 0.4) is 0 Å². The van der Waals surface area contributed by atoms with Gasteiger partial charge in [-0.1, -0.05) is 11.6 Å². The van der Waals surface area contributed by atoms with E-state index in [0.29, 0.717) is 6.07 Å². The van der Waals surface area contributed by atoms with Crippen LogP contribution in [-0.2, 0) is 0 Å². The molecule has 0 fully saturated rings. The zero-order chi connectivity index (χ0) is 12.4. The highest BCUT2D eigenvalue weighted by Gasteiger charge is 2.12. The number of halogens is 4. The first-order chi connectivity index (χ1) is 8.06. The first kappa shape index (κ1) is 11.9. The summed E-state index contributed by atoms with van der Waals surface area (Å²) in [7, 11) is 0. The zero-order valence-electron chi connectivity index (χ0n) is 7.99. The van der Waals surface area contributed by atoms with Crippen LogP contribution in [0.15, 0.2) is 18.2 Å². The van der Waals surface area contributed by atoms with Crippen LogP contribution < -0.4 is 4.74 Å². The van der Waals surface area contributed by atoms with Gasteiger partial charge < -0.3 is 4.74 Å². The van der Waals surface area contributed by atoms with Crippen LogP contribution in [0.5, 0.6) is 11.6 Å². The summed E-state index contributed by atoms with van der Waals surface area (Å²) in [4.78, 5) is 3.61. The van der Waals surface area contributed by atoms with Crippen molar-refractivity contribution in [1.82, 2.24) is 15.2 Å². The van der Waals surface area contributed by atoms with Crippen molar-refractivity contribution in [2.24, 2.45) is 0 Å². The average Bonchev–Trinajstić information content (AvgIpc) is 2.27. The topological polar surface area (TPSA) is 47.9 Å². The van der Waals surface area contributed by atoms with Crippen LogP contribution in [-0.4, -0.2) is 15.2 Å². The van der Waals surface area contributed by atoms with Crippen LogP contribution in [0.2, 0.25) is 10.4 Å². The maximum atomic E-state index is 13.3. The van der Waals surface area contributed by atoms with Gasteiger partial charge in [0.1, 0.15) is 5.82 Å². The minimum atomic E-state index is -0.893. The molecular weight excluding hydrogens is 275 g/mol. The summed E-state index contributed by atoms with van der Waals surface area (Å²) in [6, 6.07) is 2.79. The van der Waals surface area contributed by atoms with E-state index in [1.165, 1.54) is 0 Å². The van der Waals surface area contributed by atoms with Gasteiger partial charge in [-0.25, -0.2) is 8.78 Å². The standard InChI is InChI=1S/C9H3Cl2F2N3O/c10-7-8(14-9(11)16-15-7)17-6-2-1-4(12)3-5(6)13/h1-3H. The third-order valence-corrected chi connectivity index (χ3v) is 2.09. The third kappa shape index (κ3) is 2.78. The number of hydrogen-bond acceptors (Lipinski definition) is 4. The summed E-state index contributed by atoms with van der Waals surface area (Å²) in [6.45, 7) is 0. The Labute approximate surface area is 104 Å². The molecule has 0 radical (unpaired) electrons. The van der Waals surface area contributed by atoms with E-state index in [4.69, 9.17) is 27.9 Å². The van der Waals surface area contributed by atoms with Gasteiger partial charge >= 0.3 is 0 Å². The molecule has 2 rings (SSSR count). The first-order valence-corrected chi connectivity index (χ1v) is 5.00. The third-order valence-electron chi connectivity index (χ3n) is 1.69. The van der Waals surface area contributed by atoms with Crippen molar-refractivity contribution >= 4 is 23.2 Å². The number of hydrogen-bond donors (Lipinski definition) is 0. The predicted octanol–water partition coefficient (Wildman–Crippen LogP) is 3.25. The summed E-state index contributed by atoms with van der Waals surface area (Å²) in [5.41, 5.74) is 0. The maximum Gasteiger partial charge on any atom is 0.262 e. The SMILES string of the molecule is Fc1ccc(Oc2nc(Cl)nnc2Cl)c(F)c1. The molecule has 0 aliphatic carbocycles. The normalized spacial score (nSPS) is 10.4. The fourth-order valence-electron chi connectivity index (χ4n) is 1.01. The lowest BCUT2D eigenvalue weighted by molar-refractivity contribution is 0.420. The molecule has 0 aliphatic rings. The molecule has 0 atom stereocenters. The van der Waals surface area contributed by atoms with Crippen molar-refractivity contribution in [3.05, 3.63) is 40.3 Å². The van der Waals surface area contributed by atoms with E-state index in [-0.39, 0.29) is 22.1 Å². The van der Waals surface area contributed by atoms with Crippen LogP contribution in [0, 0.1) is 11.6 Å². The van der Waals surface area contributed by atoms with Crippen molar-refractivity contribution < 1.29 is 13.5 Å². The Bertz CT molecular complexity index is 568. The highest BCUT2D eigenvalue weighted by molar-refractivity contribution is 6.31. The molecule has 4 nitrogen and oxygen atoms in total. The molecule has 0 spiro atoms. The first-order valence-electron chi connectivity index (χ1n) is 4.25. The molecule has 17 heavy (non-hydrogen) atoms. The molecule has 2 aromatic rings. The molecule has 0 saturated heterocycles. The largest absolute Gasteiger partial charge is 0.433 e. The highest BCUT2D eigenvalue weighted by atomic mass is 35.5. The number of ether oxygens (including phenoxy) is 1. The van der Waals surface area contributed by atoms with Gasteiger partial charge in [0.15, 0.2) is 11.6 Å². The summed E-state index contributed by atoms with van der Waals surface area (Å²) in [5, 5.41) is 6.39. The Morgan fingerprint density at radius 1 is 1.12 bits per heavy atom. The van der Waals surface area contributed by atoms with Gasteiger partial charge in [-0.05, 0) is 23.7 Å². The summed E-state index contributed by atoms with van der Waals surface area (Å²) >= 11 is 11.1.